The summed E-state index contributed by atoms with van der Waals surface area (Å²) in [4.78, 5) is 18.1. The van der Waals surface area contributed by atoms with Crippen molar-refractivity contribution >= 4 is 11.7 Å². The molecule has 2 heterocycles. The predicted octanol–water partition coefficient (Wildman–Crippen LogP) is 4.62. The molecule has 0 saturated heterocycles. The standard InChI is InChI=1S/C25H26N4O3/c1-25(2)13-19-21(20(30)14-25)22(15-5-9-17(31-3)10-6-15)29-24(26-19)27-23(28-29)16-7-11-18(32-4)12-8-16/h5-12,22H,13-14H2,1-4H3,(H,26,27,28)/t22-/m0/s1. The molecule has 0 amide bonds. The molecule has 32 heavy (non-hydrogen) atoms. The fraction of sp³-hybridized carbons (Fsp3) is 0.320. The summed E-state index contributed by atoms with van der Waals surface area (Å²) < 4.78 is 12.4. The van der Waals surface area contributed by atoms with Gasteiger partial charge in [0.1, 0.15) is 17.5 Å². The van der Waals surface area contributed by atoms with Crippen LogP contribution in [-0.2, 0) is 4.79 Å². The van der Waals surface area contributed by atoms with Crippen LogP contribution in [0.1, 0.15) is 38.3 Å². The highest BCUT2D eigenvalue weighted by molar-refractivity contribution is 6.00. The van der Waals surface area contributed by atoms with E-state index in [-0.39, 0.29) is 17.2 Å². The molecule has 1 aliphatic carbocycles. The van der Waals surface area contributed by atoms with Gasteiger partial charge in [-0.05, 0) is 53.8 Å². The van der Waals surface area contributed by atoms with Crippen LogP contribution in [0.3, 0.4) is 0 Å². The molecule has 164 valence electrons. The van der Waals surface area contributed by atoms with E-state index in [2.05, 4.69) is 19.2 Å². The topological polar surface area (TPSA) is 78.3 Å². The van der Waals surface area contributed by atoms with Crippen molar-refractivity contribution in [1.82, 2.24) is 14.8 Å². The third-order valence-corrected chi connectivity index (χ3v) is 6.11. The van der Waals surface area contributed by atoms with Crippen LogP contribution < -0.4 is 14.8 Å². The minimum atomic E-state index is -0.338. The molecule has 1 atom stereocenters. The number of carbonyl (C=O) groups is 1. The number of hydrogen-bond acceptors (Lipinski definition) is 6. The van der Waals surface area contributed by atoms with Crippen LogP contribution in [0.25, 0.3) is 11.4 Å². The number of aromatic nitrogens is 3. The van der Waals surface area contributed by atoms with Gasteiger partial charge in [0.05, 0.1) is 14.2 Å². The van der Waals surface area contributed by atoms with Crippen molar-refractivity contribution in [3.8, 4) is 22.9 Å². The van der Waals surface area contributed by atoms with E-state index >= 15 is 0 Å². The lowest BCUT2D eigenvalue weighted by Gasteiger charge is -2.38. The summed E-state index contributed by atoms with van der Waals surface area (Å²) >= 11 is 0. The number of methoxy groups -OCH3 is 2. The largest absolute Gasteiger partial charge is 0.497 e. The van der Waals surface area contributed by atoms with Crippen molar-refractivity contribution < 1.29 is 14.3 Å². The first-order valence-corrected chi connectivity index (χ1v) is 10.7. The van der Waals surface area contributed by atoms with E-state index in [0.29, 0.717) is 18.2 Å². The zero-order chi connectivity index (χ0) is 22.5. The highest BCUT2D eigenvalue weighted by Gasteiger charge is 2.41. The number of carbonyl (C=O) groups excluding carboxylic acids is 1. The van der Waals surface area contributed by atoms with Gasteiger partial charge in [-0.25, -0.2) is 4.68 Å². The third-order valence-electron chi connectivity index (χ3n) is 6.11. The summed E-state index contributed by atoms with van der Waals surface area (Å²) in [6.07, 6.45) is 1.29. The number of rotatable bonds is 4. The molecule has 0 unspecified atom stereocenters. The quantitative estimate of drug-likeness (QED) is 0.651. The van der Waals surface area contributed by atoms with Gasteiger partial charge in [0.2, 0.25) is 5.95 Å². The fourth-order valence-corrected chi connectivity index (χ4v) is 4.57. The zero-order valence-corrected chi connectivity index (χ0v) is 18.7. The minimum absolute atomic E-state index is 0.103. The van der Waals surface area contributed by atoms with Gasteiger partial charge in [-0.3, -0.25) is 4.79 Å². The molecule has 7 heteroatoms. The Morgan fingerprint density at radius 2 is 1.59 bits per heavy atom. The molecule has 7 nitrogen and oxygen atoms in total. The SMILES string of the molecule is COc1ccc(-c2nc3n(n2)[C@@H](c2ccc(OC)cc2)C2=C(CC(C)(C)CC2=O)N3)cc1. The van der Waals surface area contributed by atoms with Crippen LogP contribution in [0.4, 0.5) is 5.95 Å². The number of nitrogens with zero attached hydrogens (tertiary/aromatic N) is 3. The van der Waals surface area contributed by atoms with Gasteiger partial charge >= 0.3 is 0 Å². The van der Waals surface area contributed by atoms with Crippen molar-refractivity contribution in [3.63, 3.8) is 0 Å². The Bertz CT molecular complexity index is 1210. The maximum Gasteiger partial charge on any atom is 0.226 e. The second-order valence-electron chi connectivity index (χ2n) is 9.07. The van der Waals surface area contributed by atoms with Crippen molar-refractivity contribution in [2.45, 2.75) is 32.7 Å². The summed E-state index contributed by atoms with van der Waals surface area (Å²) in [6, 6.07) is 15.1. The van der Waals surface area contributed by atoms with Crippen LogP contribution >= 0.6 is 0 Å². The van der Waals surface area contributed by atoms with Crippen molar-refractivity contribution in [3.05, 3.63) is 65.4 Å². The number of hydrogen-bond donors (Lipinski definition) is 1. The number of benzene rings is 2. The molecule has 1 aromatic heterocycles. The number of nitrogens with one attached hydrogen (secondary N) is 1. The van der Waals surface area contributed by atoms with Crippen LogP contribution in [0.5, 0.6) is 11.5 Å². The molecular weight excluding hydrogens is 404 g/mol. The summed E-state index contributed by atoms with van der Waals surface area (Å²) in [6.45, 7) is 4.25. The molecule has 1 aliphatic heterocycles. The Morgan fingerprint density at radius 1 is 0.969 bits per heavy atom. The molecule has 0 fully saturated rings. The van der Waals surface area contributed by atoms with Crippen LogP contribution in [-0.4, -0.2) is 34.8 Å². The number of ether oxygens (including phenoxy) is 2. The highest BCUT2D eigenvalue weighted by Crippen LogP contribution is 2.45. The lowest BCUT2D eigenvalue weighted by atomic mass is 9.73. The Morgan fingerprint density at radius 3 is 2.22 bits per heavy atom. The summed E-state index contributed by atoms with van der Waals surface area (Å²) in [7, 11) is 3.28. The maximum atomic E-state index is 13.3. The number of allylic oxidation sites excluding steroid dienone is 2. The molecule has 2 aromatic carbocycles. The highest BCUT2D eigenvalue weighted by atomic mass is 16.5. The first kappa shape index (κ1) is 20.3. The van der Waals surface area contributed by atoms with Crippen molar-refractivity contribution in [1.29, 1.82) is 0 Å². The molecular formula is C25H26N4O3. The lowest BCUT2D eigenvalue weighted by Crippen LogP contribution is -2.36. The Hall–Kier alpha value is -3.61. The molecule has 5 rings (SSSR count). The van der Waals surface area contributed by atoms with E-state index in [9.17, 15) is 4.79 Å². The average molecular weight is 431 g/mol. The molecule has 3 aromatic rings. The van der Waals surface area contributed by atoms with E-state index in [4.69, 9.17) is 19.6 Å². The maximum absolute atomic E-state index is 13.3. The third kappa shape index (κ3) is 3.43. The monoisotopic (exact) mass is 430 g/mol. The number of anilines is 1. The van der Waals surface area contributed by atoms with Gasteiger partial charge in [-0.1, -0.05) is 26.0 Å². The average Bonchev–Trinajstić information content (AvgIpc) is 3.20. The van der Waals surface area contributed by atoms with Gasteiger partial charge < -0.3 is 14.8 Å². The fourth-order valence-electron chi connectivity index (χ4n) is 4.57. The number of ketones is 1. The summed E-state index contributed by atoms with van der Waals surface area (Å²) in [5.74, 6) is 2.93. The Labute approximate surface area is 187 Å². The summed E-state index contributed by atoms with van der Waals surface area (Å²) in [5.41, 5.74) is 3.46. The van der Waals surface area contributed by atoms with Gasteiger partial charge in [-0.15, -0.1) is 5.10 Å². The van der Waals surface area contributed by atoms with Crippen molar-refractivity contribution in [2.75, 3.05) is 19.5 Å². The molecule has 0 radical (unpaired) electrons. The van der Waals surface area contributed by atoms with Crippen molar-refractivity contribution in [2.24, 2.45) is 5.41 Å². The first-order chi connectivity index (χ1) is 15.4. The van der Waals surface area contributed by atoms with Gasteiger partial charge in [0, 0.05) is 23.3 Å². The van der Waals surface area contributed by atoms with Crippen LogP contribution in [0.15, 0.2) is 59.8 Å². The minimum Gasteiger partial charge on any atom is -0.497 e. The molecule has 0 saturated carbocycles. The van der Waals surface area contributed by atoms with Gasteiger partial charge in [0.25, 0.3) is 0 Å². The smallest absolute Gasteiger partial charge is 0.226 e. The Kier molecular flexibility index (Phi) is 4.77. The molecule has 2 aliphatic rings. The van der Waals surface area contributed by atoms with Crippen LogP contribution in [0, 0.1) is 5.41 Å². The van der Waals surface area contributed by atoms with Gasteiger partial charge in [0.15, 0.2) is 11.6 Å². The first-order valence-electron chi connectivity index (χ1n) is 10.7. The number of Topliss-reactive ketones (excluding diaryl/α,β-unsaturated/α-hetero) is 1. The second-order valence-corrected chi connectivity index (χ2v) is 9.07. The molecule has 0 spiro atoms. The van der Waals surface area contributed by atoms with E-state index < -0.39 is 0 Å². The zero-order valence-electron chi connectivity index (χ0n) is 18.7. The molecule has 0 bridgehead atoms. The second kappa shape index (κ2) is 7.51. The van der Waals surface area contributed by atoms with E-state index in [1.54, 1.807) is 14.2 Å². The van der Waals surface area contributed by atoms with Gasteiger partial charge in [-0.2, -0.15) is 4.98 Å². The van der Waals surface area contributed by atoms with E-state index in [1.165, 1.54) is 0 Å². The lowest BCUT2D eigenvalue weighted by molar-refractivity contribution is -0.118. The normalized spacial score (nSPS) is 19.1. The molecule has 1 N–H and O–H groups in total. The van der Waals surface area contributed by atoms with E-state index in [1.807, 2.05) is 53.2 Å². The number of fused-ring (bicyclic) bond motifs is 1. The predicted molar refractivity (Wildman–Crippen MR) is 122 cm³/mol. The summed E-state index contributed by atoms with van der Waals surface area (Å²) in [5, 5.41) is 8.24. The van der Waals surface area contributed by atoms with Crippen LogP contribution in [0.2, 0.25) is 0 Å². The van der Waals surface area contributed by atoms with E-state index in [0.717, 1.165) is 40.3 Å². The Balaban J connectivity index is 1.63.